The van der Waals surface area contributed by atoms with Crippen LogP contribution in [0.15, 0.2) is 0 Å². The van der Waals surface area contributed by atoms with Crippen LogP contribution in [0.25, 0.3) is 0 Å². The molecule has 0 amide bonds. The lowest BCUT2D eigenvalue weighted by molar-refractivity contribution is -0.0258. The van der Waals surface area contributed by atoms with E-state index >= 15 is 0 Å². The fourth-order valence-corrected chi connectivity index (χ4v) is 1.03. The van der Waals surface area contributed by atoms with Crippen molar-refractivity contribution < 1.29 is 9.47 Å². The summed E-state index contributed by atoms with van der Waals surface area (Å²) >= 11 is 0. The molecule has 0 aromatic carbocycles. The molecule has 0 aromatic rings. The maximum absolute atomic E-state index is 5.64. The molecule has 2 N–H and O–H groups in total. The lowest BCUT2D eigenvalue weighted by Crippen LogP contribution is -2.44. The predicted octanol–water partition coefficient (Wildman–Crippen LogP) is 0.171. The number of hydrogen-bond acceptors (Lipinski definition) is 3. The molecule has 0 bridgehead atoms. The maximum atomic E-state index is 5.64. The molecule has 1 rings (SSSR count). The highest BCUT2D eigenvalue weighted by Crippen LogP contribution is 2.07. The summed E-state index contributed by atoms with van der Waals surface area (Å²) < 4.78 is 10.2. The van der Waals surface area contributed by atoms with Crippen molar-refractivity contribution in [2.75, 3.05) is 20.3 Å². The molecule has 1 fully saturated rings. The zero-order valence-corrected chi connectivity index (χ0v) is 6.89. The van der Waals surface area contributed by atoms with Crippen molar-refractivity contribution in [3.63, 3.8) is 0 Å². The zero-order chi connectivity index (χ0) is 6.69. The maximum Gasteiger partial charge on any atom is 0.0766 e. The minimum atomic E-state index is 0. The highest BCUT2D eigenvalue weighted by molar-refractivity contribution is 5.85. The molecule has 0 radical (unpaired) electrons. The second-order valence-electron chi connectivity index (χ2n) is 2.30. The Bertz CT molecular complexity index is 91.8. The van der Waals surface area contributed by atoms with Gasteiger partial charge in [-0.15, -0.1) is 12.4 Å². The minimum Gasteiger partial charge on any atom is -0.380 e. The number of ether oxygens (including phenoxy) is 2. The quantitative estimate of drug-likeness (QED) is 0.606. The third-order valence-electron chi connectivity index (χ3n) is 1.64. The van der Waals surface area contributed by atoms with Crippen LogP contribution < -0.4 is 5.73 Å². The first kappa shape index (κ1) is 10.2. The van der Waals surface area contributed by atoms with Crippen molar-refractivity contribution in [3.05, 3.63) is 0 Å². The van der Waals surface area contributed by atoms with Gasteiger partial charge < -0.3 is 15.2 Å². The Labute approximate surface area is 67.3 Å². The van der Waals surface area contributed by atoms with Crippen LogP contribution in [0.4, 0.5) is 0 Å². The molecule has 2 atom stereocenters. The van der Waals surface area contributed by atoms with E-state index < -0.39 is 0 Å². The van der Waals surface area contributed by atoms with Crippen LogP contribution in [-0.4, -0.2) is 32.5 Å². The van der Waals surface area contributed by atoms with Crippen molar-refractivity contribution >= 4 is 12.4 Å². The molecule has 0 aromatic heterocycles. The van der Waals surface area contributed by atoms with Gasteiger partial charge in [0.05, 0.1) is 18.8 Å². The van der Waals surface area contributed by atoms with Gasteiger partial charge in [-0.1, -0.05) is 0 Å². The average Bonchev–Trinajstić information content (AvgIpc) is 1.89. The number of halogens is 1. The third kappa shape index (κ3) is 2.42. The van der Waals surface area contributed by atoms with Crippen molar-refractivity contribution in [1.82, 2.24) is 0 Å². The standard InChI is InChI=1S/C6H13NO2.ClH/c1-8-6-2-3-9-4-5(6)7;/h5-6H,2-4,7H2,1H3;1H. The Morgan fingerprint density at radius 3 is 2.70 bits per heavy atom. The Hall–Kier alpha value is 0.170. The fraction of sp³-hybridized carbons (Fsp3) is 1.00. The molecule has 10 heavy (non-hydrogen) atoms. The van der Waals surface area contributed by atoms with Crippen molar-refractivity contribution in [3.8, 4) is 0 Å². The van der Waals surface area contributed by atoms with E-state index in [1.165, 1.54) is 0 Å². The normalized spacial score (nSPS) is 33.0. The highest BCUT2D eigenvalue weighted by Gasteiger charge is 2.21. The molecule has 4 heteroatoms. The van der Waals surface area contributed by atoms with Gasteiger partial charge in [-0.2, -0.15) is 0 Å². The van der Waals surface area contributed by atoms with Crippen LogP contribution in [0.2, 0.25) is 0 Å². The molecule has 0 spiro atoms. The van der Waals surface area contributed by atoms with Gasteiger partial charge in [0.2, 0.25) is 0 Å². The van der Waals surface area contributed by atoms with Crippen LogP contribution in [0, 0.1) is 0 Å². The lowest BCUT2D eigenvalue weighted by Gasteiger charge is -2.26. The van der Waals surface area contributed by atoms with Crippen LogP contribution >= 0.6 is 12.4 Å². The summed E-state index contributed by atoms with van der Waals surface area (Å²) in [5.41, 5.74) is 5.64. The van der Waals surface area contributed by atoms with Gasteiger partial charge >= 0.3 is 0 Å². The average molecular weight is 168 g/mol. The summed E-state index contributed by atoms with van der Waals surface area (Å²) in [6.45, 7) is 1.42. The zero-order valence-electron chi connectivity index (χ0n) is 6.08. The SMILES string of the molecule is COC1CCOCC1N.Cl. The summed E-state index contributed by atoms with van der Waals surface area (Å²) in [7, 11) is 1.69. The van der Waals surface area contributed by atoms with E-state index in [1.54, 1.807) is 7.11 Å². The van der Waals surface area contributed by atoms with Crippen molar-refractivity contribution in [1.29, 1.82) is 0 Å². The summed E-state index contributed by atoms with van der Waals surface area (Å²) in [6, 6.07) is 0.0729. The molecule has 62 valence electrons. The van der Waals surface area contributed by atoms with Gasteiger partial charge in [0.15, 0.2) is 0 Å². The van der Waals surface area contributed by atoms with Gasteiger partial charge in [-0.25, -0.2) is 0 Å². The number of hydrogen-bond donors (Lipinski definition) is 1. The van der Waals surface area contributed by atoms with E-state index in [2.05, 4.69) is 0 Å². The third-order valence-corrected chi connectivity index (χ3v) is 1.64. The Kier molecular flexibility index (Phi) is 4.99. The number of nitrogens with two attached hydrogens (primary N) is 1. The first-order valence-electron chi connectivity index (χ1n) is 3.20. The lowest BCUT2D eigenvalue weighted by atomic mass is 10.1. The van der Waals surface area contributed by atoms with Crippen LogP contribution in [0.5, 0.6) is 0 Å². The summed E-state index contributed by atoms with van der Waals surface area (Å²) in [5.74, 6) is 0. The summed E-state index contributed by atoms with van der Waals surface area (Å²) in [4.78, 5) is 0. The van der Waals surface area contributed by atoms with E-state index in [-0.39, 0.29) is 24.6 Å². The molecule has 2 unspecified atom stereocenters. The van der Waals surface area contributed by atoms with Gasteiger partial charge in [0.25, 0.3) is 0 Å². The van der Waals surface area contributed by atoms with Gasteiger partial charge in [0.1, 0.15) is 0 Å². The van der Waals surface area contributed by atoms with Gasteiger partial charge in [-0.3, -0.25) is 0 Å². The molecular formula is C6H14ClNO2. The van der Waals surface area contributed by atoms with E-state index in [1.807, 2.05) is 0 Å². The highest BCUT2D eigenvalue weighted by atomic mass is 35.5. The topological polar surface area (TPSA) is 44.5 Å². The second-order valence-corrected chi connectivity index (χ2v) is 2.30. The van der Waals surface area contributed by atoms with E-state index in [9.17, 15) is 0 Å². The van der Waals surface area contributed by atoms with E-state index in [0.29, 0.717) is 6.61 Å². The number of methoxy groups -OCH3 is 1. The first-order chi connectivity index (χ1) is 4.34. The molecule has 1 heterocycles. The van der Waals surface area contributed by atoms with Crippen molar-refractivity contribution in [2.24, 2.45) is 5.73 Å². The predicted molar refractivity (Wildman–Crippen MR) is 41.5 cm³/mol. The van der Waals surface area contributed by atoms with Gasteiger partial charge in [-0.05, 0) is 6.42 Å². The molecule has 3 nitrogen and oxygen atoms in total. The Morgan fingerprint density at radius 1 is 1.60 bits per heavy atom. The van der Waals surface area contributed by atoms with Gasteiger partial charge in [0, 0.05) is 13.7 Å². The Balaban J connectivity index is 0.000000810. The molecule has 0 aliphatic carbocycles. The second kappa shape index (κ2) is 4.91. The first-order valence-corrected chi connectivity index (χ1v) is 3.20. The smallest absolute Gasteiger partial charge is 0.0766 e. The monoisotopic (exact) mass is 167 g/mol. The summed E-state index contributed by atoms with van der Waals surface area (Å²) in [5, 5.41) is 0. The van der Waals surface area contributed by atoms with E-state index in [0.717, 1.165) is 13.0 Å². The molecule has 0 saturated carbocycles. The number of rotatable bonds is 1. The largest absolute Gasteiger partial charge is 0.380 e. The molecule has 1 aliphatic heterocycles. The molecule has 1 aliphatic rings. The molecular weight excluding hydrogens is 154 g/mol. The summed E-state index contributed by atoms with van der Waals surface area (Å²) in [6.07, 6.45) is 1.14. The van der Waals surface area contributed by atoms with E-state index in [4.69, 9.17) is 15.2 Å². The molecule has 1 saturated heterocycles. The Morgan fingerprint density at radius 2 is 2.30 bits per heavy atom. The minimum absolute atomic E-state index is 0. The van der Waals surface area contributed by atoms with Crippen molar-refractivity contribution in [2.45, 2.75) is 18.6 Å². The van der Waals surface area contributed by atoms with Crippen LogP contribution in [0.1, 0.15) is 6.42 Å². The van der Waals surface area contributed by atoms with Crippen LogP contribution in [0.3, 0.4) is 0 Å². The fourth-order valence-electron chi connectivity index (χ4n) is 1.03. The van der Waals surface area contributed by atoms with Crippen LogP contribution in [-0.2, 0) is 9.47 Å².